The minimum Gasteiger partial charge on any atom is -0.497 e. The molecule has 0 aromatic heterocycles. The van der Waals surface area contributed by atoms with E-state index in [9.17, 15) is 13.2 Å². The number of ether oxygens (including phenoxy) is 2. The standard InChI is InChI=1S/C25H28N2O5S/c1-19-9-11-23(12-10-19)32-18-20(2)26-25(28)17-27(21-7-5-4-6-8-21)33(29,30)24-15-13-22(31-3)14-16-24/h4-16,20H,17-18H2,1-3H3,(H,26,28). The van der Waals surface area contributed by atoms with Crippen molar-refractivity contribution in [3.63, 3.8) is 0 Å². The number of rotatable bonds is 10. The highest BCUT2D eigenvalue weighted by atomic mass is 32.2. The number of hydrogen-bond acceptors (Lipinski definition) is 5. The molecule has 0 radical (unpaired) electrons. The van der Waals surface area contributed by atoms with Crippen LogP contribution in [0.3, 0.4) is 0 Å². The minimum absolute atomic E-state index is 0.0655. The molecule has 3 aromatic rings. The van der Waals surface area contributed by atoms with Crippen molar-refractivity contribution < 1.29 is 22.7 Å². The Kier molecular flexibility index (Phi) is 7.95. The SMILES string of the molecule is COc1ccc(S(=O)(=O)N(CC(=O)NC(C)COc2ccc(C)cc2)c2ccccc2)cc1. The molecule has 0 saturated heterocycles. The highest BCUT2D eigenvalue weighted by Crippen LogP contribution is 2.25. The molecule has 0 aliphatic carbocycles. The Hall–Kier alpha value is -3.52. The second-order valence-corrected chi connectivity index (χ2v) is 9.48. The number of nitrogens with zero attached hydrogens (tertiary/aromatic N) is 1. The van der Waals surface area contributed by atoms with Crippen molar-refractivity contribution in [1.29, 1.82) is 0 Å². The van der Waals surface area contributed by atoms with Crippen LogP contribution in [0.4, 0.5) is 5.69 Å². The number of aryl methyl sites for hydroxylation is 1. The first-order valence-electron chi connectivity index (χ1n) is 10.5. The van der Waals surface area contributed by atoms with Crippen LogP contribution < -0.4 is 19.1 Å². The molecule has 0 bridgehead atoms. The maximum absolute atomic E-state index is 13.4. The summed E-state index contributed by atoms with van der Waals surface area (Å²) in [4.78, 5) is 12.8. The van der Waals surface area contributed by atoms with Gasteiger partial charge in [0.25, 0.3) is 10.0 Å². The van der Waals surface area contributed by atoms with Gasteiger partial charge in [-0.25, -0.2) is 8.42 Å². The molecule has 0 spiro atoms. The quantitative estimate of drug-likeness (QED) is 0.490. The molecular weight excluding hydrogens is 440 g/mol. The molecule has 8 heteroatoms. The zero-order valence-corrected chi connectivity index (χ0v) is 19.7. The molecule has 3 aromatic carbocycles. The highest BCUT2D eigenvalue weighted by molar-refractivity contribution is 7.92. The number of carbonyl (C=O) groups is 1. The van der Waals surface area contributed by atoms with Gasteiger partial charge in [0.05, 0.1) is 23.7 Å². The van der Waals surface area contributed by atoms with Gasteiger partial charge in [0.1, 0.15) is 24.7 Å². The van der Waals surface area contributed by atoms with E-state index in [1.165, 1.54) is 19.2 Å². The number of benzene rings is 3. The van der Waals surface area contributed by atoms with E-state index in [2.05, 4.69) is 5.32 Å². The summed E-state index contributed by atoms with van der Waals surface area (Å²) in [5, 5.41) is 2.81. The predicted octanol–water partition coefficient (Wildman–Crippen LogP) is 3.78. The second-order valence-electron chi connectivity index (χ2n) is 7.62. The van der Waals surface area contributed by atoms with Crippen LogP contribution in [0, 0.1) is 6.92 Å². The minimum atomic E-state index is -3.98. The van der Waals surface area contributed by atoms with E-state index in [1.807, 2.05) is 31.2 Å². The molecule has 3 rings (SSSR count). The number of amides is 1. The lowest BCUT2D eigenvalue weighted by Gasteiger charge is -2.25. The summed E-state index contributed by atoms with van der Waals surface area (Å²) < 4.78 is 38.7. The van der Waals surface area contributed by atoms with Crippen LogP contribution in [0.25, 0.3) is 0 Å². The summed E-state index contributed by atoms with van der Waals surface area (Å²) in [5.41, 5.74) is 1.52. The first-order chi connectivity index (χ1) is 15.8. The van der Waals surface area contributed by atoms with E-state index >= 15 is 0 Å². The van der Waals surface area contributed by atoms with Crippen molar-refractivity contribution in [3.8, 4) is 11.5 Å². The number of carbonyl (C=O) groups excluding carboxylic acids is 1. The summed E-state index contributed by atoms with van der Waals surface area (Å²) in [7, 11) is -2.48. The van der Waals surface area contributed by atoms with Crippen molar-refractivity contribution in [2.24, 2.45) is 0 Å². The number of anilines is 1. The Morgan fingerprint density at radius 3 is 2.15 bits per heavy atom. The van der Waals surface area contributed by atoms with Gasteiger partial charge in [-0.3, -0.25) is 9.10 Å². The van der Waals surface area contributed by atoms with Crippen LogP contribution in [0.1, 0.15) is 12.5 Å². The van der Waals surface area contributed by atoms with Crippen LogP contribution in [0.2, 0.25) is 0 Å². The van der Waals surface area contributed by atoms with Gasteiger partial charge >= 0.3 is 0 Å². The fraction of sp³-hybridized carbons (Fsp3) is 0.240. The maximum atomic E-state index is 13.4. The molecule has 0 heterocycles. The number of sulfonamides is 1. The third-order valence-corrected chi connectivity index (χ3v) is 6.70. The van der Waals surface area contributed by atoms with Gasteiger partial charge in [0.15, 0.2) is 0 Å². The Balaban J connectivity index is 1.72. The van der Waals surface area contributed by atoms with Crippen molar-refractivity contribution in [1.82, 2.24) is 5.32 Å². The number of hydrogen-bond donors (Lipinski definition) is 1. The van der Waals surface area contributed by atoms with Crippen molar-refractivity contribution >= 4 is 21.6 Å². The molecule has 0 aliphatic heterocycles. The lowest BCUT2D eigenvalue weighted by molar-refractivity contribution is -0.120. The molecule has 0 fully saturated rings. The molecule has 1 unspecified atom stereocenters. The lowest BCUT2D eigenvalue weighted by Crippen LogP contribution is -2.45. The van der Waals surface area contributed by atoms with Crippen LogP contribution in [0.5, 0.6) is 11.5 Å². The van der Waals surface area contributed by atoms with Crippen LogP contribution in [-0.2, 0) is 14.8 Å². The molecule has 1 amide bonds. The Morgan fingerprint density at radius 1 is 0.939 bits per heavy atom. The summed E-state index contributed by atoms with van der Waals surface area (Å²) in [6.07, 6.45) is 0. The average Bonchev–Trinajstić information content (AvgIpc) is 2.82. The number of methoxy groups -OCH3 is 1. The predicted molar refractivity (Wildman–Crippen MR) is 128 cm³/mol. The Morgan fingerprint density at radius 2 is 1.55 bits per heavy atom. The second kappa shape index (κ2) is 10.9. The maximum Gasteiger partial charge on any atom is 0.264 e. The zero-order chi connectivity index (χ0) is 23.8. The summed E-state index contributed by atoms with van der Waals surface area (Å²) in [5.74, 6) is 0.811. The van der Waals surface area contributed by atoms with E-state index in [4.69, 9.17) is 9.47 Å². The highest BCUT2D eigenvalue weighted by Gasteiger charge is 2.27. The molecule has 1 N–H and O–H groups in total. The average molecular weight is 469 g/mol. The van der Waals surface area contributed by atoms with Crippen molar-refractivity contribution in [2.75, 3.05) is 24.6 Å². The third kappa shape index (κ3) is 6.49. The molecule has 0 aliphatic rings. The van der Waals surface area contributed by atoms with Gasteiger partial charge in [0, 0.05) is 0 Å². The summed E-state index contributed by atoms with van der Waals surface area (Å²) >= 11 is 0. The van der Waals surface area contributed by atoms with Gasteiger partial charge in [-0.1, -0.05) is 35.9 Å². The largest absolute Gasteiger partial charge is 0.497 e. The zero-order valence-electron chi connectivity index (χ0n) is 18.9. The summed E-state index contributed by atoms with van der Waals surface area (Å²) in [6.45, 7) is 3.68. The molecule has 7 nitrogen and oxygen atoms in total. The first-order valence-corrected chi connectivity index (χ1v) is 11.9. The van der Waals surface area contributed by atoms with Crippen LogP contribution in [0.15, 0.2) is 83.8 Å². The third-order valence-electron chi connectivity index (χ3n) is 4.91. The van der Waals surface area contributed by atoms with Gasteiger partial charge < -0.3 is 14.8 Å². The number of nitrogens with one attached hydrogen (secondary N) is 1. The molecule has 33 heavy (non-hydrogen) atoms. The summed E-state index contributed by atoms with van der Waals surface area (Å²) in [6, 6.07) is 21.9. The van der Waals surface area contributed by atoms with Gasteiger partial charge in [-0.05, 0) is 62.4 Å². The van der Waals surface area contributed by atoms with E-state index in [-0.39, 0.29) is 24.1 Å². The molecule has 1 atom stereocenters. The topological polar surface area (TPSA) is 84.9 Å². The number of para-hydroxylation sites is 1. The van der Waals surface area contributed by atoms with E-state index in [1.54, 1.807) is 49.4 Å². The van der Waals surface area contributed by atoms with Gasteiger partial charge in [0.2, 0.25) is 5.91 Å². The normalized spacial score (nSPS) is 12.0. The van der Waals surface area contributed by atoms with E-state index < -0.39 is 15.9 Å². The van der Waals surface area contributed by atoms with E-state index in [0.717, 1.165) is 9.87 Å². The molecule has 174 valence electrons. The van der Waals surface area contributed by atoms with Gasteiger partial charge in [-0.2, -0.15) is 0 Å². The van der Waals surface area contributed by atoms with Crippen molar-refractivity contribution in [3.05, 3.63) is 84.4 Å². The van der Waals surface area contributed by atoms with Crippen LogP contribution in [-0.4, -0.2) is 40.6 Å². The van der Waals surface area contributed by atoms with Crippen LogP contribution >= 0.6 is 0 Å². The fourth-order valence-electron chi connectivity index (χ4n) is 3.13. The van der Waals surface area contributed by atoms with E-state index in [0.29, 0.717) is 17.2 Å². The van der Waals surface area contributed by atoms with Crippen molar-refractivity contribution in [2.45, 2.75) is 24.8 Å². The van der Waals surface area contributed by atoms with Gasteiger partial charge in [-0.15, -0.1) is 0 Å². The molecule has 0 saturated carbocycles. The molecular formula is C25H28N2O5S. The Bertz CT molecular complexity index is 1150. The Labute approximate surface area is 195 Å². The monoisotopic (exact) mass is 468 g/mol. The smallest absolute Gasteiger partial charge is 0.264 e. The first kappa shape index (κ1) is 24.1. The lowest BCUT2D eigenvalue weighted by atomic mass is 10.2. The fourth-order valence-corrected chi connectivity index (χ4v) is 4.55.